The molecule has 1 heterocycles. The van der Waals surface area contributed by atoms with Crippen molar-refractivity contribution in [3.63, 3.8) is 0 Å². The van der Waals surface area contributed by atoms with Gasteiger partial charge in [-0.1, -0.05) is 0 Å². The van der Waals surface area contributed by atoms with Crippen molar-refractivity contribution in [2.75, 3.05) is 20.3 Å². The maximum atomic E-state index is 12.5. The molecule has 2 atom stereocenters. The molecular formula is C15H19NO5. The van der Waals surface area contributed by atoms with Crippen LogP contribution in [0.5, 0.6) is 5.75 Å². The van der Waals surface area contributed by atoms with Gasteiger partial charge in [-0.05, 0) is 31.2 Å². The molecule has 1 aliphatic rings. The zero-order chi connectivity index (χ0) is 15.4. The average molecular weight is 293 g/mol. The second-order valence-corrected chi connectivity index (χ2v) is 4.86. The summed E-state index contributed by atoms with van der Waals surface area (Å²) < 4.78 is 10.5. The van der Waals surface area contributed by atoms with E-state index >= 15 is 0 Å². The summed E-state index contributed by atoms with van der Waals surface area (Å²) >= 11 is 0. The molecule has 0 radical (unpaired) electrons. The van der Waals surface area contributed by atoms with Crippen LogP contribution in [0.15, 0.2) is 24.3 Å². The minimum Gasteiger partial charge on any atom is -0.494 e. The lowest BCUT2D eigenvalue weighted by Crippen LogP contribution is -2.40. The number of nitrogens with zero attached hydrogens (tertiary/aromatic N) is 1. The summed E-state index contributed by atoms with van der Waals surface area (Å²) in [6, 6.07) is 5.86. The number of methoxy groups -OCH3 is 1. The Morgan fingerprint density at radius 3 is 2.52 bits per heavy atom. The molecule has 0 saturated carbocycles. The van der Waals surface area contributed by atoms with E-state index in [1.54, 1.807) is 24.3 Å². The Kier molecular flexibility index (Phi) is 4.80. The molecule has 0 spiro atoms. The minimum atomic E-state index is -1.01. The third-order valence-corrected chi connectivity index (χ3v) is 3.55. The van der Waals surface area contributed by atoms with Gasteiger partial charge in [-0.3, -0.25) is 4.79 Å². The average Bonchev–Trinajstić information content (AvgIpc) is 2.92. The summed E-state index contributed by atoms with van der Waals surface area (Å²) in [5.41, 5.74) is 0.446. The van der Waals surface area contributed by atoms with Crippen LogP contribution in [0.3, 0.4) is 0 Å². The first kappa shape index (κ1) is 15.3. The number of carbonyl (C=O) groups is 2. The van der Waals surface area contributed by atoms with Gasteiger partial charge in [0, 0.05) is 25.6 Å². The van der Waals surface area contributed by atoms with Gasteiger partial charge in [-0.25, -0.2) is 4.79 Å². The predicted octanol–water partition coefficient (Wildman–Crippen LogP) is 1.40. The first-order valence-corrected chi connectivity index (χ1v) is 6.86. The molecule has 1 N–H and O–H groups in total. The van der Waals surface area contributed by atoms with Crippen molar-refractivity contribution >= 4 is 11.9 Å². The fourth-order valence-electron chi connectivity index (χ4n) is 2.45. The van der Waals surface area contributed by atoms with Crippen LogP contribution in [0.2, 0.25) is 0 Å². The van der Waals surface area contributed by atoms with Gasteiger partial charge in [0.05, 0.1) is 12.7 Å². The van der Waals surface area contributed by atoms with Crippen LogP contribution in [0.4, 0.5) is 0 Å². The number of benzene rings is 1. The number of carbonyl (C=O) groups excluding carboxylic acids is 1. The number of rotatable bonds is 5. The summed E-state index contributed by atoms with van der Waals surface area (Å²) in [6.07, 6.45) is 0.0759. The molecule has 1 aromatic carbocycles. The van der Waals surface area contributed by atoms with E-state index in [1.807, 2.05) is 6.92 Å². The smallest absolute Gasteiger partial charge is 0.326 e. The van der Waals surface area contributed by atoms with Crippen LogP contribution in [0, 0.1) is 0 Å². The van der Waals surface area contributed by atoms with Gasteiger partial charge < -0.3 is 19.5 Å². The molecule has 1 aliphatic heterocycles. The van der Waals surface area contributed by atoms with Crippen molar-refractivity contribution in [1.82, 2.24) is 4.90 Å². The molecule has 2 rings (SSSR count). The molecule has 1 amide bonds. The van der Waals surface area contributed by atoms with E-state index in [9.17, 15) is 14.7 Å². The second kappa shape index (κ2) is 6.58. The Bertz CT molecular complexity index is 513. The zero-order valence-electron chi connectivity index (χ0n) is 12.1. The summed E-state index contributed by atoms with van der Waals surface area (Å²) in [7, 11) is 1.52. The lowest BCUT2D eigenvalue weighted by molar-refractivity contribution is -0.141. The van der Waals surface area contributed by atoms with Crippen molar-refractivity contribution in [2.24, 2.45) is 0 Å². The molecule has 6 nitrogen and oxygen atoms in total. The highest BCUT2D eigenvalue weighted by Gasteiger charge is 2.40. The van der Waals surface area contributed by atoms with Gasteiger partial charge in [-0.2, -0.15) is 0 Å². The molecule has 114 valence electrons. The molecule has 6 heteroatoms. The number of amides is 1. The maximum Gasteiger partial charge on any atom is 0.326 e. The summed E-state index contributed by atoms with van der Waals surface area (Å²) in [4.78, 5) is 25.1. The van der Waals surface area contributed by atoms with Crippen molar-refractivity contribution in [3.05, 3.63) is 29.8 Å². The van der Waals surface area contributed by atoms with Crippen LogP contribution in [-0.2, 0) is 9.53 Å². The minimum absolute atomic E-state index is 0.238. The number of aliphatic carboxylic acids is 1. The van der Waals surface area contributed by atoms with Gasteiger partial charge in [0.15, 0.2) is 0 Å². The topological polar surface area (TPSA) is 76.1 Å². The zero-order valence-corrected chi connectivity index (χ0v) is 12.1. The molecule has 0 aliphatic carbocycles. The molecule has 0 aromatic heterocycles. The standard InChI is InChI=1S/C15H19NO5/c1-3-21-11-6-4-10(5-7-11)14(17)16-9-12(20-2)8-13(16)15(18)19/h4-7,12-13H,3,8-9H2,1-2H3,(H,18,19). The van der Waals surface area contributed by atoms with Crippen molar-refractivity contribution in [2.45, 2.75) is 25.5 Å². The van der Waals surface area contributed by atoms with Crippen molar-refractivity contribution < 1.29 is 24.2 Å². The number of carboxylic acids is 1. The van der Waals surface area contributed by atoms with E-state index in [2.05, 4.69) is 0 Å². The number of ether oxygens (including phenoxy) is 2. The van der Waals surface area contributed by atoms with Gasteiger partial charge >= 0.3 is 5.97 Å². The Hall–Kier alpha value is -2.08. The molecule has 2 unspecified atom stereocenters. The lowest BCUT2D eigenvalue weighted by atomic mass is 10.1. The quantitative estimate of drug-likeness (QED) is 0.888. The normalized spacial score (nSPS) is 21.3. The van der Waals surface area contributed by atoms with E-state index in [0.29, 0.717) is 30.9 Å². The molecular weight excluding hydrogens is 274 g/mol. The number of carboxylic acid groups (broad SMARTS) is 1. The highest BCUT2D eigenvalue weighted by atomic mass is 16.5. The van der Waals surface area contributed by atoms with E-state index in [-0.39, 0.29) is 12.0 Å². The van der Waals surface area contributed by atoms with E-state index in [0.717, 1.165) is 0 Å². The van der Waals surface area contributed by atoms with E-state index < -0.39 is 12.0 Å². The van der Waals surface area contributed by atoms with Crippen molar-refractivity contribution in [3.8, 4) is 5.75 Å². The van der Waals surface area contributed by atoms with Crippen LogP contribution in [0.1, 0.15) is 23.7 Å². The highest BCUT2D eigenvalue weighted by Crippen LogP contribution is 2.23. The highest BCUT2D eigenvalue weighted by molar-refractivity contribution is 5.97. The summed E-state index contributed by atoms with van der Waals surface area (Å²) in [5.74, 6) is -0.626. The Labute approximate surface area is 123 Å². The van der Waals surface area contributed by atoms with Crippen LogP contribution < -0.4 is 4.74 Å². The fourth-order valence-corrected chi connectivity index (χ4v) is 2.45. The largest absolute Gasteiger partial charge is 0.494 e. The fraction of sp³-hybridized carbons (Fsp3) is 0.467. The Morgan fingerprint density at radius 2 is 2.00 bits per heavy atom. The van der Waals surface area contributed by atoms with Crippen LogP contribution in [-0.4, -0.2) is 54.3 Å². The van der Waals surface area contributed by atoms with Gasteiger partial charge in [0.1, 0.15) is 11.8 Å². The first-order valence-electron chi connectivity index (χ1n) is 6.86. The molecule has 0 bridgehead atoms. The predicted molar refractivity (Wildman–Crippen MR) is 75.5 cm³/mol. The first-order chi connectivity index (χ1) is 10.1. The van der Waals surface area contributed by atoms with E-state index in [4.69, 9.17) is 9.47 Å². The Balaban J connectivity index is 2.15. The number of hydrogen-bond acceptors (Lipinski definition) is 4. The van der Waals surface area contributed by atoms with Crippen LogP contribution >= 0.6 is 0 Å². The van der Waals surface area contributed by atoms with Gasteiger partial charge in [0.25, 0.3) is 5.91 Å². The maximum absolute atomic E-state index is 12.5. The molecule has 1 fully saturated rings. The monoisotopic (exact) mass is 293 g/mol. The SMILES string of the molecule is CCOc1ccc(C(=O)N2CC(OC)CC2C(=O)O)cc1. The summed E-state index contributed by atoms with van der Waals surface area (Å²) in [5, 5.41) is 9.24. The van der Waals surface area contributed by atoms with Gasteiger partial charge in [-0.15, -0.1) is 0 Å². The third-order valence-electron chi connectivity index (χ3n) is 3.55. The molecule has 1 saturated heterocycles. The second-order valence-electron chi connectivity index (χ2n) is 4.86. The Morgan fingerprint density at radius 1 is 1.33 bits per heavy atom. The summed E-state index contributed by atoms with van der Waals surface area (Å²) in [6.45, 7) is 2.72. The number of hydrogen-bond donors (Lipinski definition) is 1. The van der Waals surface area contributed by atoms with Crippen molar-refractivity contribution in [1.29, 1.82) is 0 Å². The third kappa shape index (κ3) is 3.33. The van der Waals surface area contributed by atoms with Crippen LogP contribution in [0.25, 0.3) is 0 Å². The van der Waals surface area contributed by atoms with Gasteiger partial charge in [0.2, 0.25) is 0 Å². The molecule has 21 heavy (non-hydrogen) atoms. The lowest BCUT2D eigenvalue weighted by Gasteiger charge is -2.21. The molecule has 1 aromatic rings. The number of likely N-dealkylation sites (tertiary alicyclic amines) is 1. The van der Waals surface area contributed by atoms with E-state index in [1.165, 1.54) is 12.0 Å².